The molecule has 9 heteroatoms. The zero-order chi connectivity index (χ0) is 11.4. The Kier molecular flexibility index (Phi) is 3.47. The molecule has 0 atom stereocenters. The molecule has 2 aromatic rings. The summed E-state index contributed by atoms with van der Waals surface area (Å²) in [4.78, 5) is 14.5. The van der Waals surface area contributed by atoms with Gasteiger partial charge in [-0.2, -0.15) is 0 Å². The van der Waals surface area contributed by atoms with Gasteiger partial charge in [0.25, 0.3) is 0 Å². The molecule has 0 aliphatic carbocycles. The highest BCUT2D eigenvalue weighted by Crippen LogP contribution is 2.15. The predicted octanol–water partition coefficient (Wildman–Crippen LogP) is 0.355. The average molecular weight is 257 g/mol. The van der Waals surface area contributed by atoms with Crippen LogP contribution in [-0.4, -0.2) is 42.0 Å². The molecule has 0 spiro atoms. The highest BCUT2D eigenvalue weighted by Gasteiger charge is 2.10. The molecule has 84 valence electrons. The third kappa shape index (κ3) is 2.76. The number of hydrogen-bond donors (Lipinski definition) is 1. The molecule has 2 heterocycles. The van der Waals surface area contributed by atoms with E-state index < -0.39 is 5.97 Å². The number of aromatic nitrogens is 5. The van der Waals surface area contributed by atoms with Crippen LogP contribution in [0.25, 0.3) is 0 Å². The lowest BCUT2D eigenvalue weighted by Gasteiger charge is -1.99. The number of tetrazole rings is 1. The topological polar surface area (TPSA) is 93.8 Å². The Morgan fingerprint density at radius 3 is 3.19 bits per heavy atom. The lowest BCUT2D eigenvalue weighted by molar-refractivity contribution is -0.133. The van der Waals surface area contributed by atoms with Crippen molar-refractivity contribution in [2.75, 3.05) is 5.75 Å². The van der Waals surface area contributed by atoms with E-state index in [0.717, 1.165) is 16.8 Å². The first-order chi connectivity index (χ1) is 7.75. The zero-order valence-electron chi connectivity index (χ0n) is 7.98. The molecule has 0 aliphatic heterocycles. The molecule has 7 nitrogen and oxygen atoms in total. The maximum atomic E-state index is 10.4. The van der Waals surface area contributed by atoms with Crippen molar-refractivity contribution in [1.82, 2.24) is 25.2 Å². The predicted molar refractivity (Wildman–Crippen MR) is 57.4 cm³/mol. The van der Waals surface area contributed by atoms with Gasteiger partial charge in [-0.3, -0.25) is 4.79 Å². The molecule has 0 saturated carbocycles. The summed E-state index contributed by atoms with van der Waals surface area (Å²) in [6.45, 7) is 0.465. The van der Waals surface area contributed by atoms with Crippen molar-refractivity contribution in [1.29, 1.82) is 0 Å². The summed E-state index contributed by atoms with van der Waals surface area (Å²) < 4.78 is 1.53. The first kappa shape index (κ1) is 11.0. The van der Waals surface area contributed by atoms with E-state index in [0.29, 0.717) is 11.7 Å². The van der Waals surface area contributed by atoms with Gasteiger partial charge < -0.3 is 5.11 Å². The summed E-state index contributed by atoms with van der Waals surface area (Å²) in [7, 11) is 0. The number of hydrogen-bond acceptors (Lipinski definition) is 7. The Bertz CT molecular complexity index is 469. The van der Waals surface area contributed by atoms with Gasteiger partial charge in [-0.1, -0.05) is 11.8 Å². The van der Waals surface area contributed by atoms with Crippen molar-refractivity contribution in [3.05, 3.63) is 16.6 Å². The van der Waals surface area contributed by atoms with Crippen molar-refractivity contribution < 1.29 is 9.90 Å². The minimum atomic E-state index is -0.895. The zero-order valence-corrected chi connectivity index (χ0v) is 9.61. The molecule has 2 aromatic heterocycles. The molecule has 0 aromatic carbocycles. The lowest BCUT2D eigenvalue weighted by atomic mass is 10.7. The quantitative estimate of drug-likeness (QED) is 0.772. The van der Waals surface area contributed by atoms with E-state index in [1.54, 1.807) is 6.20 Å². The van der Waals surface area contributed by atoms with Gasteiger partial charge in [-0.05, 0) is 10.4 Å². The smallest absolute Gasteiger partial charge is 0.313 e. The fraction of sp³-hybridized carbons (Fsp3) is 0.286. The summed E-state index contributed by atoms with van der Waals surface area (Å²) >= 11 is 2.59. The molecule has 0 saturated heterocycles. The highest BCUT2D eigenvalue weighted by molar-refractivity contribution is 7.99. The molecular formula is C7H7N5O2S2. The average Bonchev–Trinajstić information content (AvgIpc) is 2.87. The number of nitrogens with zero attached hydrogens (tertiary/aromatic N) is 5. The highest BCUT2D eigenvalue weighted by atomic mass is 32.2. The van der Waals surface area contributed by atoms with Crippen LogP contribution in [0.4, 0.5) is 0 Å². The van der Waals surface area contributed by atoms with E-state index in [2.05, 4.69) is 20.5 Å². The minimum Gasteiger partial charge on any atom is -0.481 e. The van der Waals surface area contributed by atoms with E-state index in [-0.39, 0.29) is 5.75 Å². The molecule has 1 N–H and O–H groups in total. The van der Waals surface area contributed by atoms with Crippen molar-refractivity contribution in [3.63, 3.8) is 0 Å². The third-order valence-corrected chi connectivity index (χ3v) is 3.30. The number of thioether (sulfide) groups is 1. The number of carboxylic acid groups (broad SMARTS) is 1. The van der Waals surface area contributed by atoms with Gasteiger partial charge in [0, 0.05) is 11.6 Å². The number of thiazole rings is 1. The first-order valence-electron chi connectivity index (χ1n) is 4.25. The molecule has 2 rings (SSSR count). The van der Waals surface area contributed by atoms with Gasteiger partial charge >= 0.3 is 5.97 Å². The van der Waals surface area contributed by atoms with E-state index in [9.17, 15) is 4.79 Å². The minimum absolute atomic E-state index is 0.0573. The van der Waals surface area contributed by atoms with Gasteiger partial charge in [-0.15, -0.1) is 16.4 Å². The van der Waals surface area contributed by atoms with Crippen LogP contribution in [0.1, 0.15) is 5.01 Å². The standard InChI is InChI=1S/C7H7N5O2S2/c13-6(14)4-16-7-9-10-11-12(7)3-5-8-1-2-15-5/h1-2H,3-4H2,(H,13,14). The second-order valence-electron chi connectivity index (χ2n) is 2.73. The molecular weight excluding hydrogens is 250 g/mol. The molecule has 0 aliphatic rings. The van der Waals surface area contributed by atoms with Crippen LogP contribution in [0.5, 0.6) is 0 Å². The number of carbonyl (C=O) groups is 1. The van der Waals surface area contributed by atoms with Crippen LogP contribution in [0.15, 0.2) is 16.7 Å². The molecule has 0 fully saturated rings. The monoisotopic (exact) mass is 257 g/mol. The Morgan fingerprint density at radius 1 is 1.62 bits per heavy atom. The van der Waals surface area contributed by atoms with Crippen LogP contribution in [0, 0.1) is 0 Å². The van der Waals surface area contributed by atoms with Gasteiger partial charge in [0.15, 0.2) is 0 Å². The molecule has 0 unspecified atom stereocenters. The van der Waals surface area contributed by atoms with Gasteiger partial charge in [0.2, 0.25) is 5.16 Å². The Hall–Kier alpha value is -1.48. The fourth-order valence-corrected chi connectivity index (χ4v) is 2.18. The van der Waals surface area contributed by atoms with Crippen molar-refractivity contribution in [2.24, 2.45) is 0 Å². The van der Waals surface area contributed by atoms with Crippen molar-refractivity contribution in [3.8, 4) is 0 Å². The maximum absolute atomic E-state index is 10.4. The maximum Gasteiger partial charge on any atom is 0.313 e. The Labute approximate surface area is 98.5 Å². The van der Waals surface area contributed by atoms with Gasteiger partial charge in [0.1, 0.15) is 5.01 Å². The van der Waals surface area contributed by atoms with Crippen molar-refractivity contribution in [2.45, 2.75) is 11.7 Å². The van der Waals surface area contributed by atoms with Crippen LogP contribution in [-0.2, 0) is 11.3 Å². The molecule has 0 radical (unpaired) electrons. The summed E-state index contributed by atoms with van der Waals surface area (Å²) in [5, 5.41) is 22.8. The second kappa shape index (κ2) is 5.03. The van der Waals surface area contributed by atoms with Gasteiger partial charge in [-0.25, -0.2) is 9.67 Å². The van der Waals surface area contributed by atoms with E-state index in [1.807, 2.05) is 5.38 Å². The van der Waals surface area contributed by atoms with E-state index >= 15 is 0 Å². The fourth-order valence-electron chi connectivity index (χ4n) is 0.985. The SMILES string of the molecule is O=C(O)CSc1nnnn1Cc1nccs1. The summed E-state index contributed by atoms with van der Waals surface area (Å²) in [5.74, 6) is -0.952. The lowest BCUT2D eigenvalue weighted by Crippen LogP contribution is -2.05. The number of carboxylic acids is 1. The van der Waals surface area contributed by atoms with Crippen LogP contribution in [0.3, 0.4) is 0 Å². The van der Waals surface area contributed by atoms with E-state index in [4.69, 9.17) is 5.11 Å². The summed E-state index contributed by atoms with van der Waals surface area (Å²) in [5.41, 5.74) is 0. The Balaban J connectivity index is 2.04. The normalized spacial score (nSPS) is 10.5. The number of rotatable bonds is 5. The summed E-state index contributed by atoms with van der Waals surface area (Å²) in [6, 6.07) is 0. The largest absolute Gasteiger partial charge is 0.481 e. The van der Waals surface area contributed by atoms with Crippen LogP contribution in [0.2, 0.25) is 0 Å². The second-order valence-corrected chi connectivity index (χ2v) is 4.65. The van der Waals surface area contributed by atoms with E-state index in [1.165, 1.54) is 16.0 Å². The molecule has 16 heavy (non-hydrogen) atoms. The Morgan fingerprint density at radius 2 is 2.50 bits per heavy atom. The van der Waals surface area contributed by atoms with Crippen LogP contribution < -0.4 is 0 Å². The van der Waals surface area contributed by atoms with Gasteiger partial charge in [0.05, 0.1) is 12.3 Å². The van der Waals surface area contributed by atoms with Crippen molar-refractivity contribution >= 4 is 29.1 Å². The third-order valence-electron chi connectivity index (χ3n) is 1.59. The molecule has 0 bridgehead atoms. The summed E-state index contributed by atoms with van der Waals surface area (Å²) in [6.07, 6.45) is 1.70. The first-order valence-corrected chi connectivity index (χ1v) is 6.11. The molecule has 0 amide bonds. The number of aliphatic carboxylic acids is 1. The van der Waals surface area contributed by atoms with Crippen LogP contribution >= 0.6 is 23.1 Å².